The molecule has 0 aromatic heterocycles. The Morgan fingerprint density at radius 2 is 1.88 bits per heavy atom. The molecule has 2 atom stereocenters. The van der Waals surface area contributed by atoms with Crippen LogP contribution in [0, 0.1) is 11.8 Å². The van der Waals surface area contributed by atoms with Crippen LogP contribution >= 0.6 is 0 Å². The molecular weight excluding hydrogens is 208 g/mol. The summed E-state index contributed by atoms with van der Waals surface area (Å²) >= 11 is 0. The Morgan fingerprint density at radius 1 is 1.31 bits per heavy atom. The van der Waals surface area contributed by atoms with Gasteiger partial charge < -0.3 is 16.2 Å². The molecule has 0 saturated carbocycles. The van der Waals surface area contributed by atoms with E-state index in [9.17, 15) is 9.59 Å². The van der Waals surface area contributed by atoms with Gasteiger partial charge in [0, 0.05) is 6.54 Å². The van der Waals surface area contributed by atoms with Crippen LogP contribution in [0.25, 0.3) is 0 Å². The van der Waals surface area contributed by atoms with Crippen molar-refractivity contribution in [3.8, 4) is 0 Å². The van der Waals surface area contributed by atoms with E-state index in [0.717, 1.165) is 0 Å². The molecule has 0 spiro atoms. The molecule has 0 rings (SSSR count). The molecule has 4 N–H and O–H groups in total. The number of nitrogens with one attached hydrogen (secondary N) is 1. The third kappa shape index (κ3) is 6.40. The first-order chi connectivity index (χ1) is 7.34. The molecule has 0 bridgehead atoms. The maximum Gasteiger partial charge on any atom is 0.306 e. The fourth-order valence-electron chi connectivity index (χ4n) is 1.28. The highest BCUT2D eigenvalue weighted by Gasteiger charge is 2.15. The number of rotatable bonds is 7. The van der Waals surface area contributed by atoms with Crippen molar-refractivity contribution in [3.63, 3.8) is 0 Å². The zero-order chi connectivity index (χ0) is 12.7. The van der Waals surface area contributed by atoms with Gasteiger partial charge in [0.1, 0.15) is 0 Å². The van der Waals surface area contributed by atoms with Crippen molar-refractivity contribution in [2.75, 3.05) is 6.54 Å². The van der Waals surface area contributed by atoms with Gasteiger partial charge in [0.2, 0.25) is 5.91 Å². The standard InChI is InChI=1S/C11H22N2O3/c1-7(2)6-9(12)10(14)13-5-4-8(3)11(15)16/h7-9H,4-6,12H2,1-3H3,(H,13,14)(H,15,16). The van der Waals surface area contributed by atoms with Crippen molar-refractivity contribution in [3.05, 3.63) is 0 Å². The Labute approximate surface area is 96.4 Å². The number of carboxylic acids is 1. The molecule has 0 aromatic rings. The molecule has 0 heterocycles. The molecule has 1 amide bonds. The molecule has 94 valence electrons. The van der Waals surface area contributed by atoms with E-state index in [1.54, 1.807) is 6.92 Å². The second kappa shape index (κ2) is 7.22. The Balaban J connectivity index is 3.77. The summed E-state index contributed by atoms with van der Waals surface area (Å²) in [6, 6.07) is -0.500. The fourth-order valence-corrected chi connectivity index (χ4v) is 1.28. The molecule has 0 saturated heterocycles. The molecule has 5 nitrogen and oxygen atoms in total. The molecule has 0 aliphatic rings. The molecular formula is C11H22N2O3. The molecule has 5 heteroatoms. The van der Waals surface area contributed by atoms with E-state index in [1.807, 2.05) is 13.8 Å². The number of carbonyl (C=O) groups excluding carboxylic acids is 1. The highest BCUT2D eigenvalue weighted by atomic mass is 16.4. The Hall–Kier alpha value is -1.10. The van der Waals surface area contributed by atoms with Gasteiger partial charge in [0.05, 0.1) is 12.0 Å². The van der Waals surface area contributed by atoms with Crippen LogP contribution in [-0.4, -0.2) is 29.6 Å². The SMILES string of the molecule is CC(C)CC(N)C(=O)NCCC(C)C(=O)O. The van der Waals surface area contributed by atoms with E-state index in [-0.39, 0.29) is 5.91 Å². The van der Waals surface area contributed by atoms with Gasteiger partial charge in [-0.15, -0.1) is 0 Å². The Kier molecular flexibility index (Phi) is 6.72. The molecule has 16 heavy (non-hydrogen) atoms. The maximum absolute atomic E-state index is 11.4. The predicted octanol–water partition coefficient (Wildman–Crippen LogP) is 0.587. The average molecular weight is 230 g/mol. The van der Waals surface area contributed by atoms with E-state index in [0.29, 0.717) is 25.3 Å². The number of carbonyl (C=O) groups is 2. The van der Waals surface area contributed by atoms with Crippen molar-refractivity contribution >= 4 is 11.9 Å². The summed E-state index contributed by atoms with van der Waals surface area (Å²) in [5.74, 6) is -1.12. The van der Waals surface area contributed by atoms with E-state index < -0.39 is 17.9 Å². The smallest absolute Gasteiger partial charge is 0.306 e. The zero-order valence-electron chi connectivity index (χ0n) is 10.2. The maximum atomic E-state index is 11.4. The van der Waals surface area contributed by atoms with E-state index in [1.165, 1.54) is 0 Å². The zero-order valence-corrected chi connectivity index (χ0v) is 10.2. The summed E-state index contributed by atoms with van der Waals surface area (Å²) in [4.78, 5) is 22.0. The topological polar surface area (TPSA) is 92.4 Å². The van der Waals surface area contributed by atoms with Crippen LogP contribution < -0.4 is 11.1 Å². The summed E-state index contributed by atoms with van der Waals surface area (Å²) in [6.45, 7) is 5.97. The number of aliphatic carboxylic acids is 1. The lowest BCUT2D eigenvalue weighted by Gasteiger charge is -2.14. The van der Waals surface area contributed by atoms with Crippen molar-refractivity contribution < 1.29 is 14.7 Å². The van der Waals surface area contributed by atoms with Crippen LogP contribution in [0.4, 0.5) is 0 Å². The minimum atomic E-state index is -0.847. The first kappa shape index (κ1) is 14.9. The third-order valence-electron chi connectivity index (χ3n) is 2.36. The normalized spacial score (nSPS) is 14.6. The fraction of sp³-hybridized carbons (Fsp3) is 0.818. The third-order valence-corrected chi connectivity index (χ3v) is 2.36. The monoisotopic (exact) mass is 230 g/mol. The summed E-state index contributed by atoms with van der Waals surface area (Å²) in [5, 5.41) is 11.3. The number of carboxylic acid groups (broad SMARTS) is 1. The lowest BCUT2D eigenvalue weighted by atomic mass is 10.0. The quantitative estimate of drug-likeness (QED) is 0.596. The Morgan fingerprint density at radius 3 is 2.31 bits per heavy atom. The molecule has 0 aliphatic heterocycles. The second-order valence-electron chi connectivity index (χ2n) is 4.56. The minimum absolute atomic E-state index is 0.203. The molecule has 2 unspecified atom stereocenters. The summed E-state index contributed by atoms with van der Waals surface area (Å²) in [5.41, 5.74) is 5.67. The van der Waals surface area contributed by atoms with E-state index in [2.05, 4.69) is 5.32 Å². The van der Waals surface area contributed by atoms with Gasteiger partial charge in [-0.3, -0.25) is 9.59 Å². The predicted molar refractivity (Wildman–Crippen MR) is 61.9 cm³/mol. The molecule has 0 radical (unpaired) electrons. The molecule has 0 fully saturated rings. The number of hydrogen-bond donors (Lipinski definition) is 3. The highest BCUT2D eigenvalue weighted by Crippen LogP contribution is 2.03. The van der Waals surface area contributed by atoms with Gasteiger partial charge in [0.15, 0.2) is 0 Å². The highest BCUT2D eigenvalue weighted by molar-refractivity contribution is 5.81. The van der Waals surface area contributed by atoms with Crippen LogP contribution in [0.15, 0.2) is 0 Å². The van der Waals surface area contributed by atoms with Gasteiger partial charge in [-0.2, -0.15) is 0 Å². The van der Waals surface area contributed by atoms with Crippen LogP contribution in [0.5, 0.6) is 0 Å². The number of nitrogens with two attached hydrogens (primary N) is 1. The van der Waals surface area contributed by atoms with Crippen molar-refractivity contribution in [2.45, 2.75) is 39.7 Å². The van der Waals surface area contributed by atoms with Crippen molar-refractivity contribution in [1.29, 1.82) is 0 Å². The first-order valence-electron chi connectivity index (χ1n) is 5.60. The lowest BCUT2D eigenvalue weighted by Crippen LogP contribution is -2.42. The van der Waals surface area contributed by atoms with Gasteiger partial charge >= 0.3 is 5.97 Å². The summed E-state index contributed by atoms with van der Waals surface area (Å²) in [7, 11) is 0. The summed E-state index contributed by atoms with van der Waals surface area (Å²) < 4.78 is 0. The lowest BCUT2D eigenvalue weighted by molar-refractivity contribution is -0.141. The van der Waals surface area contributed by atoms with Gasteiger partial charge in [-0.25, -0.2) is 0 Å². The minimum Gasteiger partial charge on any atom is -0.481 e. The van der Waals surface area contributed by atoms with Crippen molar-refractivity contribution in [2.24, 2.45) is 17.6 Å². The van der Waals surface area contributed by atoms with Crippen LogP contribution in [0.3, 0.4) is 0 Å². The first-order valence-corrected chi connectivity index (χ1v) is 5.60. The van der Waals surface area contributed by atoms with Gasteiger partial charge in [-0.1, -0.05) is 20.8 Å². The van der Waals surface area contributed by atoms with E-state index in [4.69, 9.17) is 10.8 Å². The van der Waals surface area contributed by atoms with Crippen LogP contribution in [0.2, 0.25) is 0 Å². The average Bonchev–Trinajstić information content (AvgIpc) is 2.15. The van der Waals surface area contributed by atoms with Gasteiger partial charge in [0.25, 0.3) is 0 Å². The molecule has 0 aromatic carbocycles. The number of amides is 1. The van der Waals surface area contributed by atoms with Crippen molar-refractivity contribution in [1.82, 2.24) is 5.32 Å². The van der Waals surface area contributed by atoms with E-state index >= 15 is 0 Å². The largest absolute Gasteiger partial charge is 0.481 e. The summed E-state index contributed by atoms with van der Waals surface area (Å²) in [6.07, 6.45) is 1.07. The van der Waals surface area contributed by atoms with Crippen LogP contribution in [-0.2, 0) is 9.59 Å². The second-order valence-corrected chi connectivity index (χ2v) is 4.56. The molecule has 0 aliphatic carbocycles. The number of hydrogen-bond acceptors (Lipinski definition) is 3. The van der Waals surface area contributed by atoms with Crippen LogP contribution in [0.1, 0.15) is 33.6 Å². The van der Waals surface area contributed by atoms with Gasteiger partial charge in [-0.05, 0) is 18.8 Å². The Bertz CT molecular complexity index is 241.